The van der Waals surface area contributed by atoms with Gasteiger partial charge in [-0.15, -0.1) is 0 Å². The number of hydrogen-bond acceptors (Lipinski definition) is 2. The molecule has 1 unspecified atom stereocenters. The van der Waals surface area contributed by atoms with E-state index in [4.69, 9.17) is 0 Å². The van der Waals surface area contributed by atoms with E-state index in [0.717, 1.165) is 24.3 Å². The predicted molar refractivity (Wildman–Crippen MR) is 60.2 cm³/mol. The molecule has 1 N–H and O–H groups in total. The lowest BCUT2D eigenvalue weighted by Crippen LogP contribution is -2.54. The third kappa shape index (κ3) is 3.51. The Morgan fingerprint density at radius 1 is 1.22 bits per heavy atom. The molecule has 104 valence electrons. The van der Waals surface area contributed by atoms with E-state index in [1.807, 2.05) is 0 Å². The fourth-order valence-electron chi connectivity index (χ4n) is 2.55. The minimum Gasteiger partial charge on any atom is -0.323 e. The number of hydrogen-bond donors (Lipinski definition) is 1. The molecule has 2 heterocycles. The van der Waals surface area contributed by atoms with Crippen LogP contribution in [0.5, 0.6) is 0 Å². The van der Waals surface area contributed by atoms with Crippen LogP contribution < -0.4 is 5.32 Å². The molecule has 0 aromatic heterocycles. The van der Waals surface area contributed by atoms with Gasteiger partial charge in [-0.05, 0) is 25.8 Å². The van der Waals surface area contributed by atoms with Gasteiger partial charge in [0.2, 0.25) is 0 Å². The number of carbonyl (C=O) groups is 1. The van der Waals surface area contributed by atoms with Gasteiger partial charge in [-0.3, -0.25) is 0 Å². The van der Waals surface area contributed by atoms with Crippen molar-refractivity contribution in [2.45, 2.75) is 31.5 Å². The summed E-state index contributed by atoms with van der Waals surface area (Å²) in [7, 11) is 0. The quantitative estimate of drug-likeness (QED) is 0.838. The monoisotopic (exact) mass is 265 g/mol. The Labute approximate surface area is 104 Å². The van der Waals surface area contributed by atoms with Crippen LogP contribution in [0.3, 0.4) is 0 Å². The molecule has 0 aliphatic carbocycles. The van der Waals surface area contributed by atoms with Crippen LogP contribution in [0, 0.1) is 0 Å². The number of nitrogens with one attached hydrogen (secondary N) is 1. The zero-order valence-electron chi connectivity index (χ0n) is 10.2. The van der Waals surface area contributed by atoms with Crippen LogP contribution in [0.2, 0.25) is 0 Å². The Balaban J connectivity index is 1.89. The van der Waals surface area contributed by atoms with Crippen molar-refractivity contribution >= 4 is 6.03 Å². The fourth-order valence-corrected chi connectivity index (χ4v) is 2.55. The Hall–Kier alpha value is -0.980. The van der Waals surface area contributed by atoms with Gasteiger partial charge in [0.25, 0.3) is 0 Å². The molecule has 2 aliphatic heterocycles. The molecule has 18 heavy (non-hydrogen) atoms. The number of amides is 2. The minimum atomic E-state index is -4.32. The average molecular weight is 265 g/mol. The zero-order valence-corrected chi connectivity index (χ0v) is 10.2. The maximum absolute atomic E-state index is 12.3. The van der Waals surface area contributed by atoms with E-state index >= 15 is 0 Å². The summed E-state index contributed by atoms with van der Waals surface area (Å²) in [6, 6.07) is -0.243. The standard InChI is InChI=1S/C11H18F3N3O/c12-11(13,14)8-17-6-2-5-16(10(17)18)7-9-3-1-4-15-9/h9,15H,1-8H2. The molecule has 0 radical (unpaired) electrons. The van der Waals surface area contributed by atoms with Crippen LogP contribution in [0.15, 0.2) is 0 Å². The van der Waals surface area contributed by atoms with Crippen molar-refractivity contribution in [2.24, 2.45) is 0 Å². The summed E-state index contributed by atoms with van der Waals surface area (Å²) in [5, 5.41) is 3.25. The molecule has 2 amide bonds. The molecule has 0 aromatic rings. The van der Waals surface area contributed by atoms with Crippen LogP contribution in [0.4, 0.5) is 18.0 Å². The van der Waals surface area contributed by atoms with Gasteiger partial charge in [-0.1, -0.05) is 0 Å². The highest BCUT2D eigenvalue weighted by molar-refractivity contribution is 5.75. The largest absolute Gasteiger partial charge is 0.406 e. The van der Waals surface area contributed by atoms with Gasteiger partial charge in [-0.25, -0.2) is 4.79 Å². The van der Waals surface area contributed by atoms with Gasteiger partial charge in [-0.2, -0.15) is 13.2 Å². The molecule has 2 saturated heterocycles. The van der Waals surface area contributed by atoms with Gasteiger partial charge in [0.1, 0.15) is 6.54 Å². The second-order valence-electron chi connectivity index (χ2n) is 4.91. The summed E-state index contributed by atoms with van der Waals surface area (Å²) < 4.78 is 37.0. The van der Waals surface area contributed by atoms with E-state index in [0.29, 0.717) is 19.5 Å². The molecule has 0 aromatic carbocycles. The third-order valence-electron chi connectivity index (χ3n) is 3.37. The lowest BCUT2D eigenvalue weighted by Gasteiger charge is -2.37. The normalized spacial score (nSPS) is 25.9. The van der Waals surface area contributed by atoms with Crippen molar-refractivity contribution in [3.05, 3.63) is 0 Å². The Kier molecular flexibility index (Phi) is 3.99. The van der Waals surface area contributed by atoms with E-state index in [2.05, 4.69) is 5.32 Å². The highest BCUT2D eigenvalue weighted by atomic mass is 19.4. The maximum Gasteiger partial charge on any atom is 0.406 e. The summed E-state index contributed by atoms with van der Waals surface area (Å²) >= 11 is 0. The molecule has 1 atom stereocenters. The summed E-state index contributed by atoms with van der Waals surface area (Å²) in [6.07, 6.45) is -1.65. The molecule has 0 spiro atoms. The number of alkyl halides is 3. The van der Waals surface area contributed by atoms with Crippen LogP contribution >= 0.6 is 0 Å². The predicted octanol–water partition coefficient (Wildman–Crippen LogP) is 1.43. The summed E-state index contributed by atoms with van der Waals surface area (Å²) in [5.41, 5.74) is 0. The smallest absolute Gasteiger partial charge is 0.323 e. The number of nitrogens with zero attached hydrogens (tertiary/aromatic N) is 2. The number of urea groups is 1. The first-order chi connectivity index (χ1) is 8.46. The highest BCUT2D eigenvalue weighted by Crippen LogP contribution is 2.20. The Morgan fingerprint density at radius 3 is 2.56 bits per heavy atom. The second-order valence-corrected chi connectivity index (χ2v) is 4.91. The summed E-state index contributed by atoms with van der Waals surface area (Å²) in [6.45, 7) is 1.07. The lowest BCUT2D eigenvalue weighted by atomic mass is 10.2. The van der Waals surface area contributed by atoms with Crippen LogP contribution in [-0.4, -0.2) is 60.8 Å². The van der Waals surface area contributed by atoms with Crippen LogP contribution in [-0.2, 0) is 0 Å². The molecule has 2 fully saturated rings. The van der Waals surface area contributed by atoms with Crippen molar-refractivity contribution in [1.82, 2.24) is 15.1 Å². The molecule has 2 aliphatic rings. The Morgan fingerprint density at radius 2 is 1.94 bits per heavy atom. The summed E-state index contributed by atoms with van der Waals surface area (Å²) in [4.78, 5) is 14.4. The van der Waals surface area contributed by atoms with E-state index in [1.54, 1.807) is 0 Å². The highest BCUT2D eigenvalue weighted by Gasteiger charge is 2.36. The number of rotatable bonds is 3. The third-order valence-corrected chi connectivity index (χ3v) is 3.37. The van der Waals surface area contributed by atoms with Crippen LogP contribution in [0.25, 0.3) is 0 Å². The van der Waals surface area contributed by atoms with E-state index < -0.39 is 18.8 Å². The van der Waals surface area contributed by atoms with Crippen molar-refractivity contribution in [1.29, 1.82) is 0 Å². The van der Waals surface area contributed by atoms with Crippen molar-refractivity contribution < 1.29 is 18.0 Å². The van der Waals surface area contributed by atoms with Crippen molar-refractivity contribution in [3.8, 4) is 0 Å². The molecule has 0 bridgehead atoms. The van der Waals surface area contributed by atoms with Gasteiger partial charge in [0, 0.05) is 25.7 Å². The lowest BCUT2D eigenvalue weighted by molar-refractivity contribution is -0.142. The van der Waals surface area contributed by atoms with Gasteiger partial charge in [0.05, 0.1) is 0 Å². The first-order valence-electron chi connectivity index (χ1n) is 6.30. The molecular formula is C11H18F3N3O. The average Bonchev–Trinajstić information content (AvgIpc) is 2.75. The second kappa shape index (κ2) is 5.34. The molecule has 2 rings (SSSR count). The SMILES string of the molecule is O=C1N(CC2CCCN2)CCCN1CC(F)(F)F. The number of halogens is 3. The van der Waals surface area contributed by atoms with E-state index in [1.165, 1.54) is 4.90 Å². The topological polar surface area (TPSA) is 35.6 Å². The molecular weight excluding hydrogens is 247 g/mol. The fraction of sp³-hybridized carbons (Fsp3) is 0.909. The summed E-state index contributed by atoms with van der Waals surface area (Å²) in [5.74, 6) is 0. The molecule has 0 saturated carbocycles. The van der Waals surface area contributed by atoms with E-state index in [-0.39, 0.29) is 12.6 Å². The Bertz CT molecular complexity index is 302. The van der Waals surface area contributed by atoms with Crippen molar-refractivity contribution in [3.63, 3.8) is 0 Å². The zero-order chi connectivity index (χ0) is 13.2. The van der Waals surface area contributed by atoms with Gasteiger partial charge < -0.3 is 15.1 Å². The van der Waals surface area contributed by atoms with Crippen molar-refractivity contribution in [2.75, 3.05) is 32.7 Å². The van der Waals surface area contributed by atoms with Gasteiger partial charge >= 0.3 is 12.2 Å². The maximum atomic E-state index is 12.3. The first-order valence-corrected chi connectivity index (χ1v) is 6.30. The molecule has 4 nitrogen and oxygen atoms in total. The van der Waals surface area contributed by atoms with Crippen LogP contribution in [0.1, 0.15) is 19.3 Å². The van der Waals surface area contributed by atoms with E-state index in [9.17, 15) is 18.0 Å². The minimum absolute atomic E-state index is 0.201. The number of carbonyl (C=O) groups excluding carboxylic acids is 1. The first kappa shape index (κ1) is 13.5. The van der Waals surface area contributed by atoms with Gasteiger partial charge in [0.15, 0.2) is 0 Å². The molecule has 7 heteroatoms.